The molecule has 1 aliphatic heterocycles. The standard InChI is InChI=1S/C18H22N4O2/c1-2-6-14-12-15(21-20-14)18(24)22-10-9-19-17(23)16(22)11-13-7-4-3-5-8-13/h3-5,7-8,12,16H,2,6,9-11H2,1H3,(H,19,23)(H,20,21)/t16-/m1/s1. The molecular formula is C18H22N4O2. The Kier molecular flexibility index (Phi) is 4.93. The summed E-state index contributed by atoms with van der Waals surface area (Å²) in [6.45, 7) is 3.05. The second kappa shape index (κ2) is 7.29. The Bertz CT molecular complexity index is 711. The minimum Gasteiger partial charge on any atom is -0.353 e. The highest BCUT2D eigenvalue weighted by Gasteiger charge is 2.34. The summed E-state index contributed by atoms with van der Waals surface area (Å²) >= 11 is 0. The normalized spacial score (nSPS) is 17.6. The van der Waals surface area contributed by atoms with Crippen molar-refractivity contribution in [3.63, 3.8) is 0 Å². The molecule has 1 saturated heterocycles. The van der Waals surface area contributed by atoms with Gasteiger partial charge in [0, 0.05) is 25.2 Å². The molecule has 0 aliphatic carbocycles. The molecule has 1 aliphatic rings. The van der Waals surface area contributed by atoms with Gasteiger partial charge in [0.2, 0.25) is 5.91 Å². The van der Waals surface area contributed by atoms with Crippen LogP contribution in [-0.2, 0) is 17.6 Å². The number of nitrogens with one attached hydrogen (secondary N) is 2. The molecule has 2 aromatic rings. The smallest absolute Gasteiger partial charge is 0.275 e. The van der Waals surface area contributed by atoms with Gasteiger partial charge in [-0.3, -0.25) is 14.7 Å². The van der Waals surface area contributed by atoms with Crippen LogP contribution >= 0.6 is 0 Å². The number of carbonyl (C=O) groups excluding carboxylic acids is 2. The third-order valence-corrected chi connectivity index (χ3v) is 4.23. The first-order valence-electron chi connectivity index (χ1n) is 8.36. The second-order valence-corrected chi connectivity index (χ2v) is 6.02. The number of piperazine rings is 1. The Labute approximate surface area is 141 Å². The van der Waals surface area contributed by atoms with Crippen molar-refractivity contribution in [2.75, 3.05) is 13.1 Å². The van der Waals surface area contributed by atoms with E-state index in [4.69, 9.17) is 0 Å². The van der Waals surface area contributed by atoms with Crippen molar-refractivity contribution in [3.05, 3.63) is 53.3 Å². The Morgan fingerprint density at radius 2 is 2.12 bits per heavy atom. The molecule has 2 amide bonds. The number of rotatable bonds is 5. The molecule has 126 valence electrons. The molecule has 1 aromatic carbocycles. The van der Waals surface area contributed by atoms with E-state index in [0.717, 1.165) is 24.1 Å². The maximum Gasteiger partial charge on any atom is 0.275 e. The van der Waals surface area contributed by atoms with E-state index in [0.29, 0.717) is 25.2 Å². The lowest BCUT2D eigenvalue weighted by atomic mass is 10.0. The first kappa shape index (κ1) is 16.2. The molecule has 6 nitrogen and oxygen atoms in total. The van der Waals surface area contributed by atoms with E-state index in [1.54, 1.807) is 11.0 Å². The summed E-state index contributed by atoms with van der Waals surface area (Å²) in [5.74, 6) is -0.299. The first-order chi connectivity index (χ1) is 11.7. The third-order valence-electron chi connectivity index (χ3n) is 4.23. The lowest BCUT2D eigenvalue weighted by Crippen LogP contribution is -2.58. The molecule has 1 atom stereocenters. The molecule has 3 rings (SSSR count). The number of hydrogen-bond acceptors (Lipinski definition) is 3. The molecular weight excluding hydrogens is 304 g/mol. The van der Waals surface area contributed by atoms with Crippen molar-refractivity contribution in [2.24, 2.45) is 0 Å². The SMILES string of the molecule is CCCc1cc(C(=O)N2CCNC(=O)[C@H]2Cc2ccccc2)n[nH]1. The van der Waals surface area contributed by atoms with Crippen LogP contribution in [0.5, 0.6) is 0 Å². The zero-order valence-electron chi connectivity index (χ0n) is 13.8. The van der Waals surface area contributed by atoms with Gasteiger partial charge in [-0.2, -0.15) is 5.10 Å². The zero-order valence-corrected chi connectivity index (χ0v) is 13.8. The van der Waals surface area contributed by atoms with Crippen LogP contribution in [0.25, 0.3) is 0 Å². The topological polar surface area (TPSA) is 78.1 Å². The van der Waals surface area contributed by atoms with Crippen molar-refractivity contribution in [3.8, 4) is 0 Å². The second-order valence-electron chi connectivity index (χ2n) is 6.02. The van der Waals surface area contributed by atoms with Gasteiger partial charge in [0.1, 0.15) is 11.7 Å². The van der Waals surface area contributed by atoms with E-state index in [1.165, 1.54) is 0 Å². The van der Waals surface area contributed by atoms with Crippen LogP contribution in [0.4, 0.5) is 0 Å². The highest BCUT2D eigenvalue weighted by atomic mass is 16.2. The quantitative estimate of drug-likeness (QED) is 0.875. The largest absolute Gasteiger partial charge is 0.353 e. The molecule has 0 radical (unpaired) electrons. The summed E-state index contributed by atoms with van der Waals surface area (Å²) in [6.07, 6.45) is 2.34. The fraction of sp³-hybridized carbons (Fsp3) is 0.389. The summed E-state index contributed by atoms with van der Waals surface area (Å²) in [5, 5.41) is 9.89. The first-order valence-corrected chi connectivity index (χ1v) is 8.36. The molecule has 2 heterocycles. The highest BCUT2D eigenvalue weighted by molar-refractivity contribution is 5.97. The molecule has 0 saturated carbocycles. The van der Waals surface area contributed by atoms with E-state index in [-0.39, 0.29) is 11.8 Å². The predicted molar refractivity (Wildman–Crippen MR) is 90.6 cm³/mol. The van der Waals surface area contributed by atoms with Crippen molar-refractivity contribution in [1.82, 2.24) is 20.4 Å². The van der Waals surface area contributed by atoms with E-state index in [1.807, 2.05) is 30.3 Å². The number of amides is 2. The summed E-state index contributed by atoms with van der Waals surface area (Å²) in [4.78, 5) is 26.8. The predicted octanol–water partition coefficient (Wildman–Crippen LogP) is 1.55. The Hall–Kier alpha value is -2.63. The fourth-order valence-corrected chi connectivity index (χ4v) is 3.01. The van der Waals surface area contributed by atoms with Gasteiger partial charge in [-0.1, -0.05) is 43.7 Å². The van der Waals surface area contributed by atoms with Gasteiger partial charge in [0.25, 0.3) is 5.91 Å². The van der Waals surface area contributed by atoms with Gasteiger partial charge in [-0.25, -0.2) is 0 Å². The number of aromatic amines is 1. The van der Waals surface area contributed by atoms with E-state index in [2.05, 4.69) is 22.4 Å². The Balaban J connectivity index is 1.79. The Morgan fingerprint density at radius 3 is 2.88 bits per heavy atom. The van der Waals surface area contributed by atoms with Crippen LogP contribution in [0.15, 0.2) is 36.4 Å². The van der Waals surface area contributed by atoms with Crippen molar-refractivity contribution < 1.29 is 9.59 Å². The van der Waals surface area contributed by atoms with Crippen LogP contribution in [0.3, 0.4) is 0 Å². The molecule has 6 heteroatoms. The molecule has 0 bridgehead atoms. The zero-order chi connectivity index (χ0) is 16.9. The fourth-order valence-electron chi connectivity index (χ4n) is 3.01. The lowest BCUT2D eigenvalue weighted by Gasteiger charge is -2.34. The molecule has 24 heavy (non-hydrogen) atoms. The van der Waals surface area contributed by atoms with Crippen LogP contribution in [0.1, 0.15) is 35.1 Å². The van der Waals surface area contributed by atoms with Gasteiger partial charge in [-0.05, 0) is 18.1 Å². The van der Waals surface area contributed by atoms with Crippen LogP contribution in [0.2, 0.25) is 0 Å². The van der Waals surface area contributed by atoms with Crippen LogP contribution in [-0.4, -0.2) is 46.0 Å². The number of carbonyl (C=O) groups is 2. The Morgan fingerprint density at radius 1 is 1.33 bits per heavy atom. The van der Waals surface area contributed by atoms with E-state index in [9.17, 15) is 9.59 Å². The molecule has 0 spiro atoms. The van der Waals surface area contributed by atoms with Crippen LogP contribution < -0.4 is 5.32 Å². The van der Waals surface area contributed by atoms with E-state index < -0.39 is 6.04 Å². The van der Waals surface area contributed by atoms with E-state index >= 15 is 0 Å². The van der Waals surface area contributed by atoms with Crippen LogP contribution in [0, 0.1) is 0 Å². The number of aryl methyl sites for hydroxylation is 1. The van der Waals surface area contributed by atoms with Crippen molar-refractivity contribution >= 4 is 11.8 Å². The third kappa shape index (κ3) is 3.48. The van der Waals surface area contributed by atoms with Gasteiger partial charge in [-0.15, -0.1) is 0 Å². The van der Waals surface area contributed by atoms with Gasteiger partial charge in [0.15, 0.2) is 0 Å². The van der Waals surface area contributed by atoms with Crippen molar-refractivity contribution in [2.45, 2.75) is 32.2 Å². The number of H-pyrrole nitrogens is 1. The summed E-state index contributed by atoms with van der Waals surface area (Å²) in [5.41, 5.74) is 2.36. The molecule has 2 N–H and O–H groups in total. The maximum atomic E-state index is 12.8. The average molecular weight is 326 g/mol. The molecule has 1 aromatic heterocycles. The minimum atomic E-state index is -0.500. The highest BCUT2D eigenvalue weighted by Crippen LogP contribution is 2.15. The number of benzene rings is 1. The number of aromatic nitrogens is 2. The molecule has 0 unspecified atom stereocenters. The van der Waals surface area contributed by atoms with Gasteiger partial charge >= 0.3 is 0 Å². The lowest BCUT2D eigenvalue weighted by molar-refractivity contribution is -0.127. The van der Waals surface area contributed by atoms with Gasteiger partial charge < -0.3 is 10.2 Å². The van der Waals surface area contributed by atoms with Gasteiger partial charge in [0.05, 0.1) is 0 Å². The summed E-state index contributed by atoms with van der Waals surface area (Å²) in [7, 11) is 0. The maximum absolute atomic E-state index is 12.8. The van der Waals surface area contributed by atoms with Crippen molar-refractivity contribution in [1.29, 1.82) is 0 Å². The number of hydrogen-bond donors (Lipinski definition) is 2. The average Bonchev–Trinajstić information content (AvgIpc) is 3.06. The summed E-state index contributed by atoms with van der Waals surface area (Å²) in [6, 6.07) is 11.0. The number of nitrogens with zero attached hydrogens (tertiary/aromatic N) is 2. The summed E-state index contributed by atoms with van der Waals surface area (Å²) < 4.78 is 0. The minimum absolute atomic E-state index is 0.109. The molecule has 1 fully saturated rings. The monoisotopic (exact) mass is 326 g/mol.